The lowest BCUT2D eigenvalue weighted by Crippen LogP contribution is -2.16. The van der Waals surface area contributed by atoms with E-state index in [1.54, 1.807) is 16.8 Å². The molecule has 4 rings (SSSR count). The molecule has 0 saturated carbocycles. The van der Waals surface area contributed by atoms with E-state index in [4.69, 9.17) is 16.3 Å². The summed E-state index contributed by atoms with van der Waals surface area (Å²) in [6.07, 6.45) is 2.62. The van der Waals surface area contributed by atoms with E-state index >= 15 is 0 Å². The highest BCUT2D eigenvalue weighted by molar-refractivity contribution is 6.30. The molecule has 0 fully saturated rings. The SMILES string of the molecule is CC(C)Cc1nc2ccc(-n3ccc(OCc4ccc(Cl)cc4)cc3=O)cc2[nH]1. The largest absolute Gasteiger partial charge is 0.489 e. The average Bonchev–Trinajstić information content (AvgIpc) is 3.08. The van der Waals surface area contributed by atoms with E-state index in [1.165, 1.54) is 6.07 Å². The Balaban J connectivity index is 1.54. The van der Waals surface area contributed by atoms with Crippen LogP contribution in [0.25, 0.3) is 16.7 Å². The minimum Gasteiger partial charge on any atom is -0.489 e. The highest BCUT2D eigenvalue weighted by Crippen LogP contribution is 2.19. The molecule has 148 valence electrons. The van der Waals surface area contributed by atoms with Gasteiger partial charge in [0.05, 0.1) is 16.7 Å². The van der Waals surface area contributed by atoms with Gasteiger partial charge >= 0.3 is 0 Å². The Bertz CT molecular complexity index is 1190. The first kappa shape index (κ1) is 19.3. The number of pyridine rings is 1. The van der Waals surface area contributed by atoms with Crippen LogP contribution in [0.3, 0.4) is 0 Å². The molecule has 5 nitrogen and oxygen atoms in total. The Labute approximate surface area is 173 Å². The first-order chi connectivity index (χ1) is 14.0. The van der Waals surface area contributed by atoms with Crippen LogP contribution in [0.15, 0.2) is 65.6 Å². The number of H-pyrrole nitrogens is 1. The smallest absolute Gasteiger partial charge is 0.258 e. The number of aromatic nitrogens is 3. The standard InChI is InChI=1S/C23H22ClN3O2/c1-15(2)11-22-25-20-8-7-18(12-21(20)26-22)27-10-9-19(13-23(27)28)29-14-16-3-5-17(24)6-4-16/h3-10,12-13,15H,11,14H2,1-2H3,(H,25,26). The lowest BCUT2D eigenvalue weighted by Gasteiger charge is -2.09. The van der Waals surface area contributed by atoms with Crippen molar-refractivity contribution >= 4 is 22.6 Å². The summed E-state index contributed by atoms with van der Waals surface area (Å²) in [5.74, 6) is 2.02. The van der Waals surface area contributed by atoms with Gasteiger partial charge in [0.2, 0.25) is 0 Å². The lowest BCUT2D eigenvalue weighted by atomic mass is 10.1. The van der Waals surface area contributed by atoms with Crippen molar-refractivity contribution in [2.24, 2.45) is 5.92 Å². The number of ether oxygens (including phenoxy) is 1. The number of aromatic amines is 1. The molecule has 29 heavy (non-hydrogen) atoms. The maximum absolute atomic E-state index is 12.6. The van der Waals surface area contributed by atoms with Gasteiger partial charge < -0.3 is 9.72 Å². The lowest BCUT2D eigenvalue weighted by molar-refractivity contribution is 0.305. The summed E-state index contributed by atoms with van der Waals surface area (Å²) in [4.78, 5) is 20.6. The minimum atomic E-state index is -0.153. The van der Waals surface area contributed by atoms with E-state index in [1.807, 2.05) is 42.5 Å². The number of hydrogen-bond donors (Lipinski definition) is 1. The van der Waals surface area contributed by atoms with Crippen LogP contribution in [0.1, 0.15) is 25.2 Å². The van der Waals surface area contributed by atoms with Crippen LogP contribution < -0.4 is 10.3 Å². The van der Waals surface area contributed by atoms with Gasteiger partial charge in [-0.05, 0) is 47.9 Å². The molecular weight excluding hydrogens is 386 g/mol. The van der Waals surface area contributed by atoms with Crippen molar-refractivity contribution in [2.75, 3.05) is 0 Å². The molecule has 1 N–H and O–H groups in total. The fraction of sp³-hybridized carbons (Fsp3) is 0.217. The van der Waals surface area contributed by atoms with Crippen molar-refractivity contribution in [3.05, 3.63) is 87.6 Å². The van der Waals surface area contributed by atoms with Crippen molar-refractivity contribution < 1.29 is 4.74 Å². The maximum atomic E-state index is 12.6. The Morgan fingerprint density at radius 2 is 1.90 bits per heavy atom. The van der Waals surface area contributed by atoms with Crippen LogP contribution in [0.5, 0.6) is 5.75 Å². The Kier molecular flexibility index (Phi) is 5.41. The predicted molar refractivity (Wildman–Crippen MR) is 116 cm³/mol. The van der Waals surface area contributed by atoms with Crippen LogP contribution in [-0.4, -0.2) is 14.5 Å². The van der Waals surface area contributed by atoms with E-state index in [0.29, 0.717) is 23.3 Å². The van der Waals surface area contributed by atoms with E-state index in [-0.39, 0.29) is 5.56 Å². The van der Waals surface area contributed by atoms with Crippen LogP contribution >= 0.6 is 11.6 Å². The highest BCUT2D eigenvalue weighted by atomic mass is 35.5. The van der Waals surface area contributed by atoms with Crippen LogP contribution in [-0.2, 0) is 13.0 Å². The number of nitrogens with one attached hydrogen (secondary N) is 1. The van der Waals surface area contributed by atoms with Crippen molar-refractivity contribution in [3.63, 3.8) is 0 Å². The van der Waals surface area contributed by atoms with Gasteiger partial charge in [-0.2, -0.15) is 0 Å². The van der Waals surface area contributed by atoms with Crippen LogP contribution in [0.4, 0.5) is 0 Å². The molecule has 6 heteroatoms. The Morgan fingerprint density at radius 1 is 1.10 bits per heavy atom. The second-order valence-electron chi connectivity index (χ2n) is 7.47. The third kappa shape index (κ3) is 4.51. The fourth-order valence-electron chi connectivity index (χ4n) is 3.19. The molecule has 2 aromatic carbocycles. The number of imidazole rings is 1. The molecule has 4 aromatic rings. The number of nitrogens with zero attached hydrogens (tertiary/aromatic N) is 2. The topological polar surface area (TPSA) is 59.9 Å². The molecule has 0 amide bonds. The molecule has 0 aliphatic rings. The summed E-state index contributed by atoms with van der Waals surface area (Å²) in [5.41, 5.74) is 3.44. The van der Waals surface area contributed by atoms with Gasteiger partial charge in [-0.15, -0.1) is 0 Å². The number of benzene rings is 2. The molecule has 0 bridgehead atoms. The van der Waals surface area contributed by atoms with Crippen molar-refractivity contribution in [1.82, 2.24) is 14.5 Å². The number of halogens is 1. The fourth-order valence-corrected chi connectivity index (χ4v) is 3.32. The molecular formula is C23H22ClN3O2. The van der Waals surface area contributed by atoms with Gasteiger partial charge in [-0.25, -0.2) is 4.98 Å². The van der Waals surface area contributed by atoms with Gasteiger partial charge in [-0.1, -0.05) is 37.6 Å². The molecule has 0 aliphatic carbocycles. The summed E-state index contributed by atoms with van der Waals surface area (Å²) in [7, 11) is 0. The molecule has 0 saturated heterocycles. The zero-order chi connectivity index (χ0) is 20.4. The first-order valence-electron chi connectivity index (χ1n) is 9.57. The zero-order valence-corrected chi connectivity index (χ0v) is 17.1. The summed E-state index contributed by atoms with van der Waals surface area (Å²) >= 11 is 5.89. The predicted octanol–water partition coefficient (Wildman–Crippen LogP) is 5.14. The third-order valence-corrected chi connectivity index (χ3v) is 4.86. The number of hydrogen-bond acceptors (Lipinski definition) is 3. The maximum Gasteiger partial charge on any atom is 0.258 e. The second kappa shape index (κ2) is 8.13. The summed E-state index contributed by atoms with van der Waals surface area (Å²) in [6.45, 7) is 4.70. The summed E-state index contributed by atoms with van der Waals surface area (Å²) in [5, 5.41) is 0.682. The number of rotatable bonds is 6. The second-order valence-corrected chi connectivity index (χ2v) is 7.91. The Hall–Kier alpha value is -3.05. The molecule has 0 radical (unpaired) electrons. The average molecular weight is 408 g/mol. The van der Waals surface area contributed by atoms with E-state index in [2.05, 4.69) is 23.8 Å². The zero-order valence-electron chi connectivity index (χ0n) is 16.4. The first-order valence-corrected chi connectivity index (χ1v) is 9.95. The molecule has 0 unspecified atom stereocenters. The Morgan fingerprint density at radius 3 is 2.62 bits per heavy atom. The minimum absolute atomic E-state index is 0.153. The molecule has 0 atom stereocenters. The molecule has 0 spiro atoms. The number of fused-ring (bicyclic) bond motifs is 1. The van der Waals surface area contributed by atoms with Crippen molar-refractivity contribution in [1.29, 1.82) is 0 Å². The van der Waals surface area contributed by atoms with E-state index < -0.39 is 0 Å². The normalized spacial score (nSPS) is 11.3. The van der Waals surface area contributed by atoms with Gasteiger partial charge in [0.15, 0.2) is 0 Å². The molecule has 2 aromatic heterocycles. The summed E-state index contributed by atoms with van der Waals surface area (Å²) < 4.78 is 7.34. The van der Waals surface area contributed by atoms with Gasteiger partial charge in [0.25, 0.3) is 5.56 Å². The highest BCUT2D eigenvalue weighted by Gasteiger charge is 2.08. The van der Waals surface area contributed by atoms with Crippen molar-refractivity contribution in [3.8, 4) is 11.4 Å². The molecule has 0 aliphatic heterocycles. The van der Waals surface area contributed by atoms with Gasteiger partial charge in [0.1, 0.15) is 18.2 Å². The monoisotopic (exact) mass is 407 g/mol. The van der Waals surface area contributed by atoms with Gasteiger partial charge in [0, 0.05) is 23.7 Å². The molecule has 2 heterocycles. The van der Waals surface area contributed by atoms with Gasteiger partial charge in [-0.3, -0.25) is 9.36 Å². The quantitative estimate of drug-likeness (QED) is 0.481. The third-order valence-electron chi connectivity index (χ3n) is 4.60. The van der Waals surface area contributed by atoms with Crippen LogP contribution in [0, 0.1) is 5.92 Å². The van der Waals surface area contributed by atoms with E-state index in [0.717, 1.165) is 34.5 Å². The van der Waals surface area contributed by atoms with Crippen molar-refractivity contribution in [2.45, 2.75) is 26.9 Å². The summed E-state index contributed by atoms with van der Waals surface area (Å²) in [6, 6.07) is 16.5. The van der Waals surface area contributed by atoms with Crippen LogP contribution in [0.2, 0.25) is 5.02 Å². The van der Waals surface area contributed by atoms with E-state index in [9.17, 15) is 4.79 Å².